The molecule has 2 saturated heterocycles. The highest BCUT2D eigenvalue weighted by Crippen LogP contribution is 2.41. The summed E-state index contributed by atoms with van der Waals surface area (Å²) in [5.41, 5.74) is 1.28. The number of nitrogens with zero attached hydrogens (tertiary/aromatic N) is 3. The summed E-state index contributed by atoms with van der Waals surface area (Å²) in [7, 11) is 1.41. The normalized spacial score (nSPS) is 26.9. The lowest BCUT2D eigenvalue weighted by molar-refractivity contribution is -0.0572. The summed E-state index contributed by atoms with van der Waals surface area (Å²) >= 11 is 0. The smallest absolute Gasteiger partial charge is 0.409 e. The first kappa shape index (κ1) is 19.2. The molecule has 2 unspecified atom stereocenters. The number of ether oxygens (including phenoxy) is 1. The van der Waals surface area contributed by atoms with Crippen LogP contribution in [0.15, 0.2) is 30.3 Å². The number of likely N-dealkylation sites (tertiary alicyclic amines) is 2. The Labute approximate surface area is 167 Å². The maximum atomic E-state index is 11.7. The molecule has 6 heteroatoms. The molecule has 0 aromatic heterocycles. The van der Waals surface area contributed by atoms with Gasteiger partial charge < -0.3 is 15.0 Å². The summed E-state index contributed by atoms with van der Waals surface area (Å²) in [6, 6.07) is 13.8. The van der Waals surface area contributed by atoms with Crippen LogP contribution in [-0.2, 0) is 4.74 Å². The van der Waals surface area contributed by atoms with Gasteiger partial charge in [-0.05, 0) is 50.4 Å². The lowest BCUT2D eigenvalue weighted by Crippen LogP contribution is -2.72. The van der Waals surface area contributed by atoms with Gasteiger partial charge in [0.2, 0.25) is 0 Å². The van der Waals surface area contributed by atoms with Crippen molar-refractivity contribution in [2.24, 2.45) is 5.92 Å². The number of methoxy groups -OCH3 is 1. The number of hydrogen-bond donors (Lipinski definition) is 1. The number of carbonyl (C=O) groups is 1. The van der Waals surface area contributed by atoms with E-state index in [2.05, 4.69) is 46.6 Å². The molecule has 4 rings (SSSR count). The molecule has 28 heavy (non-hydrogen) atoms. The second-order valence-corrected chi connectivity index (χ2v) is 8.58. The minimum Gasteiger partial charge on any atom is -0.453 e. The molecule has 1 aliphatic carbocycles. The SMILES string of the molecule is COC(=O)N1CC(CC#N)(N2CCC(CNC3CC3c3ccccc3)CC2)C1. The fourth-order valence-corrected chi connectivity index (χ4v) is 4.91. The van der Waals surface area contributed by atoms with Crippen molar-refractivity contribution >= 4 is 6.09 Å². The van der Waals surface area contributed by atoms with Crippen LogP contribution in [0.5, 0.6) is 0 Å². The van der Waals surface area contributed by atoms with Gasteiger partial charge in [-0.1, -0.05) is 30.3 Å². The van der Waals surface area contributed by atoms with Crippen LogP contribution in [0, 0.1) is 17.2 Å². The van der Waals surface area contributed by atoms with Gasteiger partial charge >= 0.3 is 6.09 Å². The lowest BCUT2D eigenvalue weighted by atomic mass is 9.82. The van der Waals surface area contributed by atoms with E-state index in [0.717, 1.165) is 32.5 Å². The summed E-state index contributed by atoms with van der Waals surface area (Å²) in [6.45, 7) is 4.32. The molecular weight excluding hydrogens is 352 g/mol. The van der Waals surface area contributed by atoms with Crippen molar-refractivity contribution in [2.45, 2.75) is 43.2 Å². The number of carbonyl (C=O) groups excluding carboxylic acids is 1. The molecular formula is C22H30N4O2. The van der Waals surface area contributed by atoms with Crippen molar-refractivity contribution in [1.82, 2.24) is 15.1 Å². The minimum atomic E-state index is -0.287. The van der Waals surface area contributed by atoms with E-state index in [1.54, 1.807) is 4.90 Å². The Kier molecular flexibility index (Phi) is 5.56. The number of piperidine rings is 1. The lowest BCUT2D eigenvalue weighted by Gasteiger charge is -2.55. The molecule has 2 heterocycles. The van der Waals surface area contributed by atoms with E-state index in [1.165, 1.54) is 19.1 Å². The molecule has 1 aromatic rings. The third kappa shape index (κ3) is 3.87. The summed E-state index contributed by atoms with van der Waals surface area (Å²) in [5, 5.41) is 13.1. The summed E-state index contributed by atoms with van der Waals surface area (Å²) in [4.78, 5) is 15.8. The highest BCUT2D eigenvalue weighted by atomic mass is 16.5. The molecule has 0 spiro atoms. The topological polar surface area (TPSA) is 68.6 Å². The first-order chi connectivity index (χ1) is 13.6. The molecule has 6 nitrogen and oxygen atoms in total. The van der Waals surface area contributed by atoms with Gasteiger partial charge in [-0.3, -0.25) is 4.90 Å². The van der Waals surface area contributed by atoms with Crippen LogP contribution in [0.1, 0.15) is 37.2 Å². The van der Waals surface area contributed by atoms with Crippen LogP contribution in [0.25, 0.3) is 0 Å². The maximum Gasteiger partial charge on any atom is 0.409 e. The number of hydrogen-bond acceptors (Lipinski definition) is 5. The van der Waals surface area contributed by atoms with E-state index in [1.807, 2.05) is 0 Å². The highest BCUT2D eigenvalue weighted by Gasteiger charge is 2.50. The molecule has 2 atom stereocenters. The van der Waals surface area contributed by atoms with Crippen LogP contribution in [-0.4, -0.2) is 67.3 Å². The van der Waals surface area contributed by atoms with Gasteiger partial charge in [0.1, 0.15) is 0 Å². The van der Waals surface area contributed by atoms with Gasteiger partial charge in [0.25, 0.3) is 0 Å². The Morgan fingerprint density at radius 2 is 2.00 bits per heavy atom. The summed E-state index contributed by atoms with van der Waals surface area (Å²) in [6.07, 6.45) is 3.74. The highest BCUT2D eigenvalue weighted by molar-refractivity contribution is 5.69. The minimum absolute atomic E-state index is 0.170. The van der Waals surface area contributed by atoms with E-state index in [-0.39, 0.29) is 11.6 Å². The van der Waals surface area contributed by atoms with Crippen LogP contribution in [0.3, 0.4) is 0 Å². The predicted molar refractivity (Wildman–Crippen MR) is 107 cm³/mol. The van der Waals surface area contributed by atoms with E-state index >= 15 is 0 Å². The Morgan fingerprint density at radius 3 is 2.64 bits per heavy atom. The molecule has 1 N–H and O–H groups in total. The first-order valence-electron chi connectivity index (χ1n) is 10.4. The van der Waals surface area contributed by atoms with Gasteiger partial charge in [0.15, 0.2) is 0 Å². The first-order valence-corrected chi connectivity index (χ1v) is 10.4. The van der Waals surface area contributed by atoms with Gasteiger partial charge in [0, 0.05) is 25.0 Å². The Balaban J connectivity index is 1.21. The van der Waals surface area contributed by atoms with Crippen LogP contribution < -0.4 is 5.32 Å². The van der Waals surface area contributed by atoms with Gasteiger partial charge in [0.05, 0.1) is 25.1 Å². The van der Waals surface area contributed by atoms with E-state index in [0.29, 0.717) is 37.4 Å². The van der Waals surface area contributed by atoms with E-state index < -0.39 is 0 Å². The zero-order valence-electron chi connectivity index (χ0n) is 16.6. The maximum absolute atomic E-state index is 11.7. The van der Waals surface area contributed by atoms with Gasteiger partial charge in [-0.2, -0.15) is 5.26 Å². The molecule has 0 radical (unpaired) electrons. The molecule has 150 valence electrons. The Morgan fingerprint density at radius 1 is 1.29 bits per heavy atom. The number of amides is 1. The monoisotopic (exact) mass is 382 g/mol. The van der Waals surface area contributed by atoms with Crippen LogP contribution in [0.4, 0.5) is 4.79 Å². The average Bonchev–Trinajstić information content (AvgIpc) is 3.49. The molecule has 0 bridgehead atoms. The van der Waals surface area contributed by atoms with Crippen molar-refractivity contribution in [1.29, 1.82) is 5.26 Å². The van der Waals surface area contributed by atoms with Gasteiger partial charge in [-0.25, -0.2) is 4.79 Å². The zero-order valence-corrected chi connectivity index (χ0v) is 16.6. The van der Waals surface area contributed by atoms with Crippen LogP contribution >= 0.6 is 0 Å². The fourth-order valence-electron chi connectivity index (χ4n) is 4.91. The van der Waals surface area contributed by atoms with Crippen LogP contribution in [0.2, 0.25) is 0 Å². The predicted octanol–water partition coefficient (Wildman–Crippen LogP) is 2.58. The quantitative estimate of drug-likeness (QED) is 0.819. The zero-order chi connectivity index (χ0) is 19.6. The molecule has 1 amide bonds. The molecule has 2 aliphatic heterocycles. The molecule has 3 aliphatic rings. The Bertz CT molecular complexity index is 718. The number of nitrogens with one attached hydrogen (secondary N) is 1. The largest absolute Gasteiger partial charge is 0.453 e. The summed E-state index contributed by atoms with van der Waals surface area (Å²) < 4.78 is 4.81. The van der Waals surface area contributed by atoms with Crippen molar-refractivity contribution in [3.8, 4) is 6.07 Å². The van der Waals surface area contributed by atoms with Crippen molar-refractivity contribution in [3.05, 3.63) is 35.9 Å². The van der Waals surface area contributed by atoms with Gasteiger partial charge in [-0.15, -0.1) is 0 Å². The number of benzene rings is 1. The number of rotatable bonds is 6. The van der Waals surface area contributed by atoms with Crippen molar-refractivity contribution in [2.75, 3.05) is 39.8 Å². The van der Waals surface area contributed by atoms with E-state index in [9.17, 15) is 10.1 Å². The molecule has 1 saturated carbocycles. The second-order valence-electron chi connectivity index (χ2n) is 8.58. The third-order valence-corrected chi connectivity index (χ3v) is 6.78. The third-order valence-electron chi connectivity index (χ3n) is 6.78. The number of nitriles is 1. The average molecular weight is 383 g/mol. The molecule has 1 aromatic carbocycles. The van der Waals surface area contributed by atoms with Crippen molar-refractivity contribution < 1.29 is 9.53 Å². The standard InChI is InChI=1S/C22H30N4O2/c1-28-21(27)25-15-22(16-25,9-10-23)26-11-7-17(8-12-26)14-24-20-13-19(20)18-5-3-2-4-6-18/h2-6,17,19-20,24H,7-9,11-16H2,1H3. The van der Waals surface area contributed by atoms with E-state index in [4.69, 9.17) is 4.74 Å². The fraction of sp³-hybridized carbons (Fsp3) is 0.636. The Hall–Kier alpha value is -2.10. The summed E-state index contributed by atoms with van der Waals surface area (Å²) in [5.74, 6) is 1.38. The second kappa shape index (κ2) is 8.10. The van der Waals surface area contributed by atoms with Crippen molar-refractivity contribution in [3.63, 3.8) is 0 Å². The molecule has 3 fully saturated rings.